The van der Waals surface area contributed by atoms with Gasteiger partial charge in [-0.05, 0) is 62.7 Å². The van der Waals surface area contributed by atoms with Gasteiger partial charge >= 0.3 is 5.97 Å². The lowest BCUT2D eigenvalue weighted by molar-refractivity contribution is -0.117. The Balaban J connectivity index is 1.87. The molecule has 0 aromatic heterocycles. The summed E-state index contributed by atoms with van der Waals surface area (Å²) in [5, 5.41) is 3.08. The second kappa shape index (κ2) is 9.17. The lowest BCUT2D eigenvalue weighted by atomic mass is 10.1. The number of sulfonamides is 1. The second-order valence-electron chi connectivity index (χ2n) is 6.76. The van der Waals surface area contributed by atoms with Crippen molar-refractivity contribution >= 4 is 39.0 Å². The molecule has 0 spiro atoms. The molecule has 1 saturated heterocycles. The highest BCUT2D eigenvalue weighted by Gasteiger charge is 2.23. The van der Waals surface area contributed by atoms with Crippen molar-refractivity contribution in [3.63, 3.8) is 0 Å². The number of ether oxygens (including phenoxy) is 1. The van der Waals surface area contributed by atoms with Crippen molar-refractivity contribution < 1.29 is 22.7 Å². The van der Waals surface area contributed by atoms with E-state index in [9.17, 15) is 18.0 Å². The maximum Gasteiger partial charge on any atom is 0.338 e. The number of carbonyl (C=O) groups is 2. The Morgan fingerprint density at radius 1 is 1.10 bits per heavy atom. The molecule has 1 amide bonds. The molecule has 8 nitrogen and oxygen atoms in total. The van der Waals surface area contributed by atoms with Gasteiger partial charge in [-0.1, -0.05) is 0 Å². The van der Waals surface area contributed by atoms with E-state index >= 15 is 0 Å². The van der Waals surface area contributed by atoms with E-state index in [2.05, 4.69) is 10.0 Å². The van der Waals surface area contributed by atoms with Gasteiger partial charge < -0.3 is 15.0 Å². The van der Waals surface area contributed by atoms with Gasteiger partial charge in [0.25, 0.3) is 10.0 Å². The normalized spacial score (nSPS) is 13.9. The Bertz CT molecular complexity index is 1040. The number of hydrogen-bond acceptors (Lipinski definition) is 6. The number of benzene rings is 2. The lowest BCUT2D eigenvalue weighted by Gasteiger charge is -2.17. The molecule has 0 aliphatic carbocycles. The van der Waals surface area contributed by atoms with Crippen molar-refractivity contribution in [1.82, 2.24) is 0 Å². The smallest absolute Gasteiger partial charge is 0.338 e. The number of nitrogens with one attached hydrogen (secondary N) is 2. The van der Waals surface area contributed by atoms with Crippen LogP contribution in [0.5, 0.6) is 0 Å². The minimum atomic E-state index is -3.91. The maximum absolute atomic E-state index is 12.9. The molecule has 2 N–H and O–H groups in total. The van der Waals surface area contributed by atoms with E-state index in [-0.39, 0.29) is 28.7 Å². The van der Waals surface area contributed by atoms with E-state index in [0.29, 0.717) is 30.9 Å². The first-order chi connectivity index (χ1) is 14.4. The van der Waals surface area contributed by atoms with E-state index < -0.39 is 16.0 Å². The predicted molar refractivity (Wildman–Crippen MR) is 115 cm³/mol. The molecular weight excluding hydrogens is 406 g/mol. The minimum Gasteiger partial charge on any atom is -0.462 e. The fourth-order valence-electron chi connectivity index (χ4n) is 3.24. The van der Waals surface area contributed by atoms with Gasteiger partial charge in [0.15, 0.2) is 0 Å². The van der Waals surface area contributed by atoms with Gasteiger partial charge in [-0.25, -0.2) is 13.2 Å². The van der Waals surface area contributed by atoms with Crippen molar-refractivity contribution in [3.05, 3.63) is 48.0 Å². The van der Waals surface area contributed by atoms with Crippen molar-refractivity contribution in [2.45, 2.75) is 31.6 Å². The first-order valence-corrected chi connectivity index (χ1v) is 11.3. The van der Waals surface area contributed by atoms with Gasteiger partial charge in [0.2, 0.25) is 5.91 Å². The van der Waals surface area contributed by atoms with Crippen molar-refractivity contribution in [2.75, 3.05) is 34.6 Å². The monoisotopic (exact) mass is 431 g/mol. The molecule has 0 atom stereocenters. The molecule has 3 rings (SSSR count). The highest BCUT2D eigenvalue weighted by atomic mass is 32.2. The van der Waals surface area contributed by atoms with E-state index in [1.54, 1.807) is 36.1 Å². The summed E-state index contributed by atoms with van der Waals surface area (Å²) in [6.07, 6.45) is 1.30. The van der Waals surface area contributed by atoms with Crippen LogP contribution in [0.25, 0.3) is 0 Å². The molecule has 9 heteroatoms. The van der Waals surface area contributed by atoms with E-state index in [1.807, 2.05) is 6.92 Å². The topological polar surface area (TPSA) is 105 Å². The number of carbonyl (C=O) groups excluding carboxylic acids is 2. The Morgan fingerprint density at radius 3 is 2.43 bits per heavy atom. The van der Waals surface area contributed by atoms with Crippen LogP contribution in [-0.2, 0) is 19.6 Å². The largest absolute Gasteiger partial charge is 0.462 e. The Morgan fingerprint density at radius 2 is 1.83 bits per heavy atom. The highest BCUT2D eigenvalue weighted by molar-refractivity contribution is 7.92. The number of amides is 1. The third-order valence-corrected chi connectivity index (χ3v) is 6.06. The van der Waals surface area contributed by atoms with Crippen LogP contribution in [0.4, 0.5) is 17.1 Å². The zero-order valence-electron chi connectivity index (χ0n) is 17.0. The summed E-state index contributed by atoms with van der Waals surface area (Å²) in [7, 11) is -3.91. The van der Waals surface area contributed by atoms with Gasteiger partial charge in [0.05, 0.1) is 28.4 Å². The second-order valence-corrected chi connectivity index (χ2v) is 8.44. The first-order valence-electron chi connectivity index (χ1n) is 9.84. The number of nitrogens with zero attached hydrogens (tertiary/aromatic N) is 1. The molecule has 0 saturated carbocycles. The summed E-state index contributed by atoms with van der Waals surface area (Å²) in [5.74, 6) is -0.490. The average molecular weight is 432 g/mol. The Kier molecular flexibility index (Phi) is 6.61. The summed E-state index contributed by atoms with van der Waals surface area (Å²) in [4.78, 5) is 25.6. The van der Waals surface area contributed by atoms with Crippen LogP contribution >= 0.6 is 0 Å². The summed E-state index contributed by atoms with van der Waals surface area (Å²) in [5.41, 5.74) is 1.72. The zero-order valence-corrected chi connectivity index (χ0v) is 17.8. The van der Waals surface area contributed by atoms with Crippen LogP contribution < -0.4 is 14.9 Å². The molecule has 1 aliphatic heterocycles. The van der Waals surface area contributed by atoms with Gasteiger partial charge in [0.1, 0.15) is 0 Å². The van der Waals surface area contributed by atoms with E-state index in [0.717, 1.165) is 6.42 Å². The lowest BCUT2D eigenvalue weighted by Crippen LogP contribution is -2.23. The number of hydrogen-bond donors (Lipinski definition) is 2. The fraction of sp³-hybridized carbons (Fsp3) is 0.333. The van der Waals surface area contributed by atoms with Crippen LogP contribution in [0, 0.1) is 0 Å². The van der Waals surface area contributed by atoms with Crippen molar-refractivity contribution in [1.29, 1.82) is 0 Å². The van der Waals surface area contributed by atoms with Crippen LogP contribution in [-0.4, -0.2) is 40.0 Å². The summed E-state index contributed by atoms with van der Waals surface area (Å²) >= 11 is 0. The molecule has 2 aromatic rings. The third kappa shape index (κ3) is 4.73. The Hall–Kier alpha value is -3.07. The zero-order chi connectivity index (χ0) is 21.7. The number of rotatable bonds is 8. The number of esters is 1. The van der Waals surface area contributed by atoms with Gasteiger partial charge in [-0.2, -0.15) is 0 Å². The SMILES string of the molecule is CCNc1ccc(C(=O)OCC)cc1NS(=O)(=O)c1ccc(N2CCCC2=O)cc1. The van der Waals surface area contributed by atoms with E-state index in [1.165, 1.54) is 18.2 Å². The number of anilines is 3. The molecule has 2 aromatic carbocycles. The highest BCUT2D eigenvalue weighted by Crippen LogP contribution is 2.28. The van der Waals surface area contributed by atoms with Crippen LogP contribution in [0.1, 0.15) is 37.0 Å². The van der Waals surface area contributed by atoms with Crippen molar-refractivity contribution in [2.24, 2.45) is 0 Å². The standard InChI is InChI=1S/C21H25N3O5S/c1-3-22-18-12-7-15(21(26)29-4-2)14-19(18)23-30(27,28)17-10-8-16(9-11-17)24-13-5-6-20(24)25/h7-12,14,22-23H,3-6,13H2,1-2H3. The summed E-state index contributed by atoms with van der Waals surface area (Å²) < 4.78 is 33.4. The quantitative estimate of drug-likeness (QED) is 0.622. The summed E-state index contributed by atoms with van der Waals surface area (Å²) in [6, 6.07) is 10.8. The van der Waals surface area contributed by atoms with Gasteiger partial charge in [-0.3, -0.25) is 9.52 Å². The molecule has 1 heterocycles. The molecule has 1 fully saturated rings. The molecular formula is C21H25N3O5S. The maximum atomic E-state index is 12.9. The van der Waals surface area contributed by atoms with Gasteiger partial charge in [0, 0.05) is 25.2 Å². The predicted octanol–water partition coefficient (Wildman–Crippen LogP) is 3.22. The third-order valence-electron chi connectivity index (χ3n) is 4.67. The van der Waals surface area contributed by atoms with Crippen LogP contribution in [0.2, 0.25) is 0 Å². The van der Waals surface area contributed by atoms with E-state index in [4.69, 9.17) is 4.74 Å². The molecule has 30 heavy (non-hydrogen) atoms. The molecule has 160 valence electrons. The summed E-state index contributed by atoms with van der Waals surface area (Å²) in [6.45, 7) is 5.02. The molecule has 1 aliphatic rings. The average Bonchev–Trinajstić information content (AvgIpc) is 3.15. The minimum absolute atomic E-state index is 0.0368. The molecule has 0 unspecified atom stereocenters. The molecule has 0 radical (unpaired) electrons. The van der Waals surface area contributed by atoms with Gasteiger partial charge in [-0.15, -0.1) is 0 Å². The fourth-order valence-corrected chi connectivity index (χ4v) is 4.32. The Labute approximate surface area is 176 Å². The first kappa shape index (κ1) is 21.6. The van der Waals surface area contributed by atoms with Crippen LogP contribution in [0.15, 0.2) is 47.4 Å². The molecule has 0 bridgehead atoms. The van der Waals surface area contributed by atoms with Crippen LogP contribution in [0.3, 0.4) is 0 Å². The van der Waals surface area contributed by atoms with Crippen molar-refractivity contribution in [3.8, 4) is 0 Å².